The zero-order valence-electron chi connectivity index (χ0n) is 9.18. The van der Waals surface area contributed by atoms with Crippen molar-refractivity contribution in [2.45, 2.75) is 12.1 Å². The number of amides is 1. The van der Waals surface area contributed by atoms with Crippen LogP contribution in [0.1, 0.15) is 0 Å². The van der Waals surface area contributed by atoms with Crippen molar-refractivity contribution in [1.29, 1.82) is 0 Å². The van der Waals surface area contributed by atoms with Crippen LogP contribution in [0.15, 0.2) is 6.07 Å². The van der Waals surface area contributed by atoms with Crippen molar-refractivity contribution in [3.05, 3.63) is 6.07 Å². The molecule has 0 aliphatic carbocycles. The van der Waals surface area contributed by atoms with Gasteiger partial charge in [0, 0.05) is 13.1 Å². The first-order valence-corrected chi connectivity index (χ1v) is 4.43. The molecule has 0 aromatic carbocycles. The molecule has 1 amide bonds. The van der Waals surface area contributed by atoms with Gasteiger partial charge in [-0.2, -0.15) is 27.1 Å². The lowest BCUT2D eigenvalue weighted by Gasteiger charge is -2.17. The second-order valence-corrected chi connectivity index (χ2v) is 3.22. The van der Waals surface area contributed by atoms with Gasteiger partial charge in [0.1, 0.15) is 0 Å². The van der Waals surface area contributed by atoms with E-state index in [1.165, 1.54) is 19.5 Å². The third kappa shape index (κ3) is 2.51. The smallest absolute Gasteiger partial charge is 0.463 e. The van der Waals surface area contributed by atoms with Crippen molar-refractivity contribution >= 4 is 11.7 Å². The van der Waals surface area contributed by atoms with E-state index in [1.54, 1.807) is 0 Å². The summed E-state index contributed by atoms with van der Waals surface area (Å²) in [6.07, 6.45) is -5.96. The Kier molecular flexibility index (Phi) is 3.49. The molecule has 0 bridgehead atoms. The first-order valence-electron chi connectivity index (χ1n) is 4.43. The normalized spacial score (nSPS) is 12.4. The van der Waals surface area contributed by atoms with Gasteiger partial charge in [0.2, 0.25) is 5.88 Å². The van der Waals surface area contributed by atoms with Gasteiger partial charge >= 0.3 is 18.0 Å². The fourth-order valence-electron chi connectivity index (χ4n) is 1.03. The topological polar surface area (TPSA) is 56.1 Å². The minimum Gasteiger partial charge on any atom is -0.481 e. The Bertz CT molecular complexity index is 454. The van der Waals surface area contributed by atoms with Crippen LogP contribution in [0.5, 0.6) is 5.88 Å². The lowest BCUT2D eigenvalue weighted by atomic mass is 10.3. The number of halogens is 5. The molecule has 0 fully saturated rings. The van der Waals surface area contributed by atoms with E-state index >= 15 is 0 Å². The zero-order valence-corrected chi connectivity index (χ0v) is 9.18. The van der Waals surface area contributed by atoms with E-state index in [0.717, 1.165) is 10.7 Å². The molecule has 0 atom stereocenters. The molecular formula is C8H8F5N3O2. The number of methoxy groups -OCH3 is 1. The van der Waals surface area contributed by atoms with Gasteiger partial charge in [-0.3, -0.25) is 4.79 Å². The highest BCUT2D eigenvalue weighted by molar-refractivity contribution is 5.96. The summed E-state index contributed by atoms with van der Waals surface area (Å²) >= 11 is 0. The molecule has 0 saturated heterocycles. The maximum absolute atomic E-state index is 12.6. The lowest BCUT2D eigenvalue weighted by Crippen LogP contribution is -2.47. The Morgan fingerprint density at radius 1 is 1.39 bits per heavy atom. The number of rotatable bonds is 3. The number of nitrogens with one attached hydrogen (secondary N) is 1. The van der Waals surface area contributed by atoms with Crippen LogP contribution < -0.4 is 10.1 Å². The van der Waals surface area contributed by atoms with Crippen LogP contribution >= 0.6 is 0 Å². The molecule has 1 aromatic heterocycles. The molecule has 0 spiro atoms. The summed E-state index contributed by atoms with van der Waals surface area (Å²) < 4.78 is 66.6. The molecule has 0 radical (unpaired) electrons. The van der Waals surface area contributed by atoms with Gasteiger partial charge in [-0.15, -0.1) is 0 Å². The highest BCUT2D eigenvalue weighted by Gasteiger charge is 2.63. The highest BCUT2D eigenvalue weighted by Crippen LogP contribution is 2.36. The Morgan fingerprint density at radius 3 is 2.33 bits per heavy atom. The Balaban J connectivity index is 2.88. The van der Waals surface area contributed by atoms with Crippen LogP contribution in [-0.4, -0.2) is 34.9 Å². The summed E-state index contributed by atoms with van der Waals surface area (Å²) in [6.45, 7) is 0. The molecule has 0 aliphatic heterocycles. The van der Waals surface area contributed by atoms with Gasteiger partial charge in [-0.1, -0.05) is 0 Å². The van der Waals surface area contributed by atoms with Crippen molar-refractivity contribution in [2.24, 2.45) is 7.05 Å². The monoisotopic (exact) mass is 273 g/mol. The summed E-state index contributed by atoms with van der Waals surface area (Å²) in [5.74, 6) is -8.38. The van der Waals surface area contributed by atoms with E-state index in [-0.39, 0.29) is 5.88 Å². The number of anilines is 1. The van der Waals surface area contributed by atoms with Crippen LogP contribution in [0.2, 0.25) is 0 Å². The van der Waals surface area contributed by atoms with Gasteiger partial charge in [0.15, 0.2) is 5.82 Å². The predicted molar refractivity (Wildman–Crippen MR) is 49.4 cm³/mol. The molecule has 102 valence electrons. The van der Waals surface area contributed by atoms with E-state index in [1.807, 2.05) is 0 Å². The van der Waals surface area contributed by atoms with Crippen LogP contribution in [-0.2, 0) is 11.8 Å². The van der Waals surface area contributed by atoms with Gasteiger partial charge in [0.25, 0.3) is 0 Å². The first-order chi connectivity index (χ1) is 8.09. The largest absolute Gasteiger partial charge is 0.481 e. The van der Waals surface area contributed by atoms with Gasteiger partial charge in [-0.25, -0.2) is 4.68 Å². The van der Waals surface area contributed by atoms with Crippen molar-refractivity contribution in [1.82, 2.24) is 9.78 Å². The second kappa shape index (κ2) is 4.42. The standard InChI is InChI=1S/C8H8F5N3O2/c1-16-5(18-2)3-4(15-16)14-6(17)7(9,10)8(11,12)13/h3H,1-2H3,(H,14,15,17). The van der Waals surface area contributed by atoms with E-state index < -0.39 is 23.8 Å². The second-order valence-electron chi connectivity index (χ2n) is 3.22. The summed E-state index contributed by atoms with van der Waals surface area (Å²) in [5, 5.41) is 4.84. The SMILES string of the molecule is COc1cc(NC(=O)C(F)(F)C(F)(F)F)nn1C. The summed E-state index contributed by atoms with van der Waals surface area (Å²) in [5.41, 5.74) is 0. The molecule has 18 heavy (non-hydrogen) atoms. The van der Waals surface area contributed by atoms with Gasteiger partial charge < -0.3 is 10.1 Å². The molecule has 1 aromatic rings. The van der Waals surface area contributed by atoms with E-state index in [0.29, 0.717) is 0 Å². The molecule has 1 rings (SSSR count). The van der Waals surface area contributed by atoms with Crippen molar-refractivity contribution in [3.8, 4) is 5.88 Å². The molecule has 0 unspecified atom stereocenters. The van der Waals surface area contributed by atoms with E-state index in [2.05, 4.69) is 5.10 Å². The maximum atomic E-state index is 12.6. The number of hydrogen-bond acceptors (Lipinski definition) is 3. The van der Waals surface area contributed by atoms with Crippen LogP contribution in [0.3, 0.4) is 0 Å². The first kappa shape index (κ1) is 14.2. The lowest BCUT2D eigenvalue weighted by molar-refractivity contribution is -0.267. The van der Waals surface area contributed by atoms with Gasteiger partial charge in [0.05, 0.1) is 7.11 Å². The average molecular weight is 273 g/mol. The highest BCUT2D eigenvalue weighted by atomic mass is 19.4. The molecule has 0 saturated carbocycles. The number of nitrogens with zero attached hydrogens (tertiary/aromatic N) is 2. The van der Waals surface area contributed by atoms with E-state index in [9.17, 15) is 26.7 Å². The summed E-state index contributed by atoms with van der Waals surface area (Å²) in [7, 11) is 2.60. The summed E-state index contributed by atoms with van der Waals surface area (Å²) in [4.78, 5) is 10.8. The summed E-state index contributed by atoms with van der Waals surface area (Å²) in [6, 6.07) is 1.00. The number of alkyl halides is 5. The predicted octanol–water partition coefficient (Wildman–Crippen LogP) is 1.56. The molecule has 5 nitrogen and oxygen atoms in total. The molecule has 0 aliphatic rings. The Labute approximate surface area is 97.5 Å². The minimum absolute atomic E-state index is 0.0839. The molecule has 1 N–H and O–H groups in total. The minimum atomic E-state index is -5.96. The molecule has 10 heteroatoms. The quantitative estimate of drug-likeness (QED) is 0.850. The van der Waals surface area contributed by atoms with Crippen LogP contribution in [0.4, 0.5) is 27.8 Å². The average Bonchev–Trinajstić information content (AvgIpc) is 2.56. The van der Waals surface area contributed by atoms with Crippen molar-refractivity contribution in [2.75, 3.05) is 12.4 Å². The fraction of sp³-hybridized carbons (Fsp3) is 0.500. The maximum Gasteiger partial charge on any atom is 0.463 e. The number of carbonyl (C=O) groups is 1. The van der Waals surface area contributed by atoms with Crippen LogP contribution in [0, 0.1) is 0 Å². The number of hydrogen-bond donors (Lipinski definition) is 1. The number of ether oxygens (including phenoxy) is 1. The number of aryl methyl sites for hydroxylation is 1. The third-order valence-electron chi connectivity index (χ3n) is 1.93. The molecular weight excluding hydrogens is 265 g/mol. The Hall–Kier alpha value is -1.87. The fourth-order valence-corrected chi connectivity index (χ4v) is 1.03. The molecule has 1 heterocycles. The Morgan fingerprint density at radius 2 is 1.94 bits per heavy atom. The van der Waals surface area contributed by atoms with Gasteiger partial charge in [-0.05, 0) is 0 Å². The van der Waals surface area contributed by atoms with E-state index in [4.69, 9.17) is 4.74 Å². The van der Waals surface area contributed by atoms with Crippen LogP contribution in [0.25, 0.3) is 0 Å². The van der Waals surface area contributed by atoms with Crippen molar-refractivity contribution in [3.63, 3.8) is 0 Å². The van der Waals surface area contributed by atoms with Crippen molar-refractivity contribution < 1.29 is 31.5 Å². The third-order valence-corrected chi connectivity index (χ3v) is 1.93. The zero-order chi connectivity index (χ0) is 14.1. The number of carbonyl (C=O) groups excluding carboxylic acids is 1. The number of aromatic nitrogens is 2.